The van der Waals surface area contributed by atoms with Crippen LogP contribution in [0.4, 0.5) is 0 Å². The molecule has 3 nitrogen and oxygen atoms in total. The predicted octanol–water partition coefficient (Wildman–Crippen LogP) is 3.17. The van der Waals surface area contributed by atoms with Crippen LogP contribution in [0.15, 0.2) is 24.3 Å². The number of hydrogen-bond donors (Lipinski definition) is 1. The second kappa shape index (κ2) is 9.92. The fourth-order valence-corrected chi connectivity index (χ4v) is 1.96. The fourth-order valence-electron chi connectivity index (χ4n) is 1.96. The first-order valence-corrected chi connectivity index (χ1v) is 7.59. The number of benzene rings is 1. The van der Waals surface area contributed by atoms with Crippen molar-refractivity contribution < 1.29 is 9.47 Å². The van der Waals surface area contributed by atoms with Crippen LogP contribution in [-0.2, 0) is 22.5 Å². The van der Waals surface area contributed by atoms with E-state index in [1.165, 1.54) is 11.1 Å². The fraction of sp³-hybridized carbons (Fsp3) is 0.647. The van der Waals surface area contributed by atoms with Crippen molar-refractivity contribution in [3.8, 4) is 0 Å². The molecule has 0 atom stereocenters. The summed E-state index contributed by atoms with van der Waals surface area (Å²) in [5.74, 6) is 0. The van der Waals surface area contributed by atoms with Crippen LogP contribution >= 0.6 is 0 Å². The molecule has 0 saturated carbocycles. The number of ether oxygens (including phenoxy) is 2. The summed E-state index contributed by atoms with van der Waals surface area (Å²) in [4.78, 5) is 0. The molecule has 0 aliphatic heterocycles. The Kier molecular flexibility index (Phi) is 8.51. The number of hydrogen-bond acceptors (Lipinski definition) is 3. The lowest BCUT2D eigenvalue weighted by Crippen LogP contribution is -2.25. The first-order valence-electron chi connectivity index (χ1n) is 7.59. The van der Waals surface area contributed by atoms with E-state index in [1.54, 1.807) is 0 Å². The molecule has 0 unspecified atom stereocenters. The highest BCUT2D eigenvalue weighted by Crippen LogP contribution is 2.10. The maximum atomic E-state index is 5.69. The van der Waals surface area contributed by atoms with Crippen molar-refractivity contribution in [2.45, 2.75) is 52.9 Å². The average Bonchev–Trinajstić information content (AvgIpc) is 2.39. The molecule has 1 N–H and O–H groups in total. The van der Waals surface area contributed by atoms with Crippen molar-refractivity contribution in [2.75, 3.05) is 19.8 Å². The summed E-state index contributed by atoms with van der Waals surface area (Å²) in [6, 6.07) is 9.03. The molecular weight excluding hydrogens is 250 g/mol. The van der Waals surface area contributed by atoms with Gasteiger partial charge < -0.3 is 14.8 Å². The summed E-state index contributed by atoms with van der Waals surface area (Å²) in [6.07, 6.45) is 1.31. The Labute approximate surface area is 123 Å². The van der Waals surface area contributed by atoms with Crippen LogP contribution < -0.4 is 5.32 Å². The van der Waals surface area contributed by atoms with Crippen LogP contribution in [0.1, 0.15) is 38.8 Å². The Bertz CT molecular complexity index is 364. The van der Waals surface area contributed by atoms with Gasteiger partial charge in [-0.2, -0.15) is 0 Å². The normalized spacial score (nSPS) is 11.5. The van der Waals surface area contributed by atoms with Gasteiger partial charge in [-0.05, 0) is 37.9 Å². The zero-order valence-electron chi connectivity index (χ0n) is 13.3. The predicted molar refractivity (Wildman–Crippen MR) is 84.0 cm³/mol. The smallest absolute Gasteiger partial charge is 0.0720 e. The van der Waals surface area contributed by atoms with Gasteiger partial charge in [0, 0.05) is 6.04 Å². The summed E-state index contributed by atoms with van der Waals surface area (Å²) in [6.45, 7) is 11.4. The lowest BCUT2D eigenvalue weighted by molar-refractivity contribution is 0.0141. The van der Waals surface area contributed by atoms with Gasteiger partial charge in [0.05, 0.1) is 25.9 Å². The highest BCUT2D eigenvalue weighted by Gasteiger charge is 2.03. The molecular formula is C17H29NO2. The van der Waals surface area contributed by atoms with E-state index in [9.17, 15) is 0 Å². The lowest BCUT2D eigenvalue weighted by Gasteiger charge is -2.13. The Morgan fingerprint density at radius 2 is 1.70 bits per heavy atom. The SMILES string of the molecule is CC(C)NCCc1ccccc1COCCOC(C)C. The molecule has 0 saturated heterocycles. The minimum Gasteiger partial charge on any atom is -0.376 e. The average molecular weight is 279 g/mol. The molecule has 114 valence electrons. The second-order valence-corrected chi connectivity index (χ2v) is 5.60. The lowest BCUT2D eigenvalue weighted by atomic mass is 10.1. The highest BCUT2D eigenvalue weighted by molar-refractivity contribution is 5.26. The summed E-state index contributed by atoms with van der Waals surface area (Å²) in [5, 5.41) is 3.45. The third kappa shape index (κ3) is 7.63. The quantitative estimate of drug-likeness (QED) is 0.667. The monoisotopic (exact) mass is 279 g/mol. The van der Waals surface area contributed by atoms with Gasteiger partial charge in [0.15, 0.2) is 0 Å². The molecule has 1 rings (SSSR count). The zero-order valence-corrected chi connectivity index (χ0v) is 13.3. The summed E-state index contributed by atoms with van der Waals surface area (Å²) in [7, 11) is 0. The molecule has 0 spiro atoms. The van der Waals surface area contributed by atoms with Gasteiger partial charge in [-0.3, -0.25) is 0 Å². The molecule has 1 aromatic rings. The van der Waals surface area contributed by atoms with E-state index in [1.807, 2.05) is 13.8 Å². The molecule has 1 aromatic carbocycles. The minimum absolute atomic E-state index is 0.271. The number of nitrogens with one attached hydrogen (secondary N) is 1. The van der Waals surface area contributed by atoms with Gasteiger partial charge in [0.1, 0.15) is 0 Å². The molecule has 0 amide bonds. The first kappa shape index (κ1) is 17.2. The largest absolute Gasteiger partial charge is 0.376 e. The zero-order chi connectivity index (χ0) is 14.8. The first-order chi connectivity index (χ1) is 9.59. The van der Waals surface area contributed by atoms with Crippen LogP contribution in [0.3, 0.4) is 0 Å². The molecule has 0 heterocycles. The molecule has 0 aliphatic rings. The van der Waals surface area contributed by atoms with Gasteiger partial charge in [0.25, 0.3) is 0 Å². The Morgan fingerprint density at radius 3 is 2.35 bits per heavy atom. The molecule has 0 radical (unpaired) electrons. The maximum Gasteiger partial charge on any atom is 0.0720 e. The van der Waals surface area contributed by atoms with Crippen molar-refractivity contribution in [3.05, 3.63) is 35.4 Å². The standard InChI is InChI=1S/C17H29NO2/c1-14(2)18-10-9-16-7-5-6-8-17(16)13-19-11-12-20-15(3)4/h5-8,14-15,18H,9-13H2,1-4H3. The van der Waals surface area contributed by atoms with E-state index in [0.717, 1.165) is 13.0 Å². The molecule has 0 aliphatic carbocycles. The van der Waals surface area contributed by atoms with Crippen LogP contribution in [0.5, 0.6) is 0 Å². The summed E-state index contributed by atoms with van der Waals surface area (Å²) < 4.78 is 11.2. The van der Waals surface area contributed by atoms with E-state index in [0.29, 0.717) is 25.9 Å². The van der Waals surface area contributed by atoms with Crippen LogP contribution in [0.2, 0.25) is 0 Å². The van der Waals surface area contributed by atoms with E-state index in [2.05, 4.69) is 43.4 Å². The van der Waals surface area contributed by atoms with Crippen molar-refractivity contribution in [3.63, 3.8) is 0 Å². The van der Waals surface area contributed by atoms with Crippen molar-refractivity contribution in [1.29, 1.82) is 0 Å². The van der Waals surface area contributed by atoms with Gasteiger partial charge >= 0.3 is 0 Å². The Morgan fingerprint density at radius 1 is 1.00 bits per heavy atom. The third-order valence-corrected chi connectivity index (χ3v) is 3.00. The maximum absolute atomic E-state index is 5.69. The van der Waals surface area contributed by atoms with Crippen LogP contribution in [-0.4, -0.2) is 31.9 Å². The van der Waals surface area contributed by atoms with Gasteiger partial charge in [-0.1, -0.05) is 38.1 Å². The van der Waals surface area contributed by atoms with Gasteiger partial charge in [0.2, 0.25) is 0 Å². The number of rotatable bonds is 10. The van der Waals surface area contributed by atoms with Crippen molar-refractivity contribution >= 4 is 0 Å². The van der Waals surface area contributed by atoms with E-state index >= 15 is 0 Å². The third-order valence-electron chi connectivity index (χ3n) is 3.00. The van der Waals surface area contributed by atoms with Gasteiger partial charge in [-0.25, -0.2) is 0 Å². The molecule has 3 heteroatoms. The van der Waals surface area contributed by atoms with E-state index in [4.69, 9.17) is 9.47 Å². The van der Waals surface area contributed by atoms with Crippen molar-refractivity contribution in [2.24, 2.45) is 0 Å². The van der Waals surface area contributed by atoms with E-state index in [-0.39, 0.29) is 6.10 Å². The second-order valence-electron chi connectivity index (χ2n) is 5.60. The summed E-state index contributed by atoms with van der Waals surface area (Å²) in [5.41, 5.74) is 2.65. The highest BCUT2D eigenvalue weighted by atomic mass is 16.5. The van der Waals surface area contributed by atoms with Gasteiger partial charge in [-0.15, -0.1) is 0 Å². The topological polar surface area (TPSA) is 30.5 Å². The van der Waals surface area contributed by atoms with E-state index < -0.39 is 0 Å². The van der Waals surface area contributed by atoms with Crippen molar-refractivity contribution in [1.82, 2.24) is 5.32 Å². The Hall–Kier alpha value is -0.900. The van der Waals surface area contributed by atoms with Crippen LogP contribution in [0.25, 0.3) is 0 Å². The summed E-state index contributed by atoms with van der Waals surface area (Å²) >= 11 is 0. The molecule has 0 bridgehead atoms. The molecule has 20 heavy (non-hydrogen) atoms. The minimum atomic E-state index is 0.271. The Balaban J connectivity index is 2.33. The molecule has 0 aromatic heterocycles. The van der Waals surface area contributed by atoms with Crippen LogP contribution in [0, 0.1) is 0 Å². The molecule has 0 fully saturated rings.